The molecule has 2 nitrogen and oxygen atoms in total. The number of hydrogen-bond donors (Lipinski definition) is 0. The molecule has 0 fully saturated rings. The largest absolute Gasteiger partial charge is 0.311 e. The van der Waals surface area contributed by atoms with Crippen LogP contribution in [0, 0.1) is 13.8 Å². The van der Waals surface area contributed by atoms with Gasteiger partial charge in [0.15, 0.2) is 0 Å². The molecule has 0 aliphatic carbocycles. The third-order valence-electron chi connectivity index (χ3n) is 8.27. The van der Waals surface area contributed by atoms with E-state index >= 15 is 0 Å². The van der Waals surface area contributed by atoms with Gasteiger partial charge in [0.2, 0.25) is 0 Å². The molecule has 0 N–H and O–H groups in total. The van der Waals surface area contributed by atoms with E-state index in [4.69, 9.17) is 0 Å². The Bertz CT molecular complexity index is 2030. The van der Waals surface area contributed by atoms with Crippen molar-refractivity contribution < 1.29 is 0 Å². The summed E-state index contributed by atoms with van der Waals surface area (Å²) in [6, 6.07) is 60.5. The molecule has 0 aromatic heterocycles. The first-order chi connectivity index (χ1) is 22.6. The Morgan fingerprint density at radius 2 is 0.826 bits per heavy atom. The van der Waals surface area contributed by atoms with Crippen molar-refractivity contribution in [2.75, 3.05) is 9.80 Å². The van der Waals surface area contributed by atoms with Gasteiger partial charge in [-0.05, 0) is 108 Å². The smallest absolute Gasteiger partial charge is 0.0540 e. The molecule has 0 heterocycles. The minimum absolute atomic E-state index is 1.12. The lowest BCUT2D eigenvalue weighted by molar-refractivity contribution is 1.26. The number of hydrogen-bond acceptors (Lipinski definition) is 2. The van der Waals surface area contributed by atoms with Crippen LogP contribution < -0.4 is 9.80 Å². The average Bonchev–Trinajstić information content (AvgIpc) is 3.09. The van der Waals surface area contributed by atoms with Gasteiger partial charge in [0.25, 0.3) is 0 Å². The Hall–Kier alpha value is -5.86. The summed E-state index contributed by atoms with van der Waals surface area (Å²) in [6.45, 7) is 4.33. The molecule has 0 bridgehead atoms. The summed E-state index contributed by atoms with van der Waals surface area (Å²) in [6.07, 6.45) is 4.37. The van der Waals surface area contributed by atoms with E-state index in [1.807, 2.05) is 0 Å². The molecule has 0 aliphatic rings. The van der Waals surface area contributed by atoms with Crippen molar-refractivity contribution in [3.63, 3.8) is 0 Å². The van der Waals surface area contributed by atoms with E-state index in [0.29, 0.717) is 0 Å². The quantitative estimate of drug-likeness (QED) is 0.162. The lowest BCUT2D eigenvalue weighted by Crippen LogP contribution is -2.11. The van der Waals surface area contributed by atoms with Crippen LogP contribution in [0.15, 0.2) is 170 Å². The van der Waals surface area contributed by atoms with Crippen LogP contribution in [0.5, 0.6) is 0 Å². The van der Waals surface area contributed by atoms with Gasteiger partial charge in [-0.3, -0.25) is 0 Å². The first-order valence-corrected chi connectivity index (χ1v) is 15.8. The summed E-state index contributed by atoms with van der Waals surface area (Å²) in [5.41, 5.74) is 11.7. The number of benzene rings is 7. The van der Waals surface area contributed by atoms with Gasteiger partial charge < -0.3 is 9.80 Å². The van der Waals surface area contributed by atoms with Crippen LogP contribution in [0.1, 0.15) is 22.3 Å². The second-order valence-electron chi connectivity index (χ2n) is 11.7. The van der Waals surface area contributed by atoms with E-state index in [2.05, 4.69) is 206 Å². The van der Waals surface area contributed by atoms with E-state index < -0.39 is 0 Å². The third kappa shape index (κ3) is 6.20. The van der Waals surface area contributed by atoms with E-state index in [-0.39, 0.29) is 0 Å². The number of aryl methyl sites for hydroxylation is 2. The minimum atomic E-state index is 1.12. The van der Waals surface area contributed by atoms with Crippen molar-refractivity contribution in [2.24, 2.45) is 0 Å². The zero-order valence-electron chi connectivity index (χ0n) is 26.2. The molecule has 7 rings (SSSR count). The SMILES string of the molecule is Cc1cc(C)cc(N(c2ccc(/C=C/c3ccc(N(c4ccccc4)c4ccccc4)cc3)cc2)c2cccc3ccccc23)c1. The van der Waals surface area contributed by atoms with Gasteiger partial charge in [-0.15, -0.1) is 0 Å². The zero-order valence-corrected chi connectivity index (χ0v) is 26.2. The monoisotopic (exact) mass is 592 g/mol. The summed E-state index contributed by atoms with van der Waals surface area (Å²) >= 11 is 0. The fourth-order valence-electron chi connectivity index (χ4n) is 6.17. The highest BCUT2D eigenvalue weighted by molar-refractivity contribution is 5.99. The molecule has 0 saturated heterocycles. The van der Waals surface area contributed by atoms with Crippen molar-refractivity contribution >= 4 is 57.0 Å². The van der Waals surface area contributed by atoms with Crippen LogP contribution in [0.2, 0.25) is 0 Å². The highest BCUT2D eigenvalue weighted by Gasteiger charge is 2.16. The van der Waals surface area contributed by atoms with Crippen LogP contribution in [-0.4, -0.2) is 0 Å². The van der Waals surface area contributed by atoms with Crippen molar-refractivity contribution in [2.45, 2.75) is 13.8 Å². The second-order valence-corrected chi connectivity index (χ2v) is 11.7. The van der Waals surface area contributed by atoms with Crippen molar-refractivity contribution in [1.82, 2.24) is 0 Å². The van der Waals surface area contributed by atoms with Gasteiger partial charge in [-0.1, -0.05) is 115 Å². The standard InChI is InChI=1S/C44H36N2/c1-33-30-34(2)32-42(31-33)46(44-19-11-13-37-12-9-10-18-43(37)44)41-28-24-36(25-29-41)21-20-35-22-26-40(27-23-35)45(38-14-5-3-6-15-38)39-16-7-4-8-17-39/h3-32H,1-2H3/b21-20+. The molecule has 0 spiro atoms. The molecule has 7 aromatic carbocycles. The lowest BCUT2D eigenvalue weighted by Gasteiger charge is -2.27. The van der Waals surface area contributed by atoms with Crippen LogP contribution in [0.25, 0.3) is 22.9 Å². The molecule has 46 heavy (non-hydrogen) atoms. The van der Waals surface area contributed by atoms with E-state index in [1.54, 1.807) is 0 Å². The van der Waals surface area contributed by atoms with Crippen molar-refractivity contribution in [3.8, 4) is 0 Å². The molecule has 0 unspecified atom stereocenters. The molecule has 222 valence electrons. The van der Waals surface area contributed by atoms with E-state index in [9.17, 15) is 0 Å². The van der Waals surface area contributed by atoms with Crippen LogP contribution >= 0.6 is 0 Å². The average molecular weight is 593 g/mol. The van der Waals surface area contributed by atoms with Crippen LogP contribution in [0.3, 0.4) is 0 Å². The maximum Gasteiger partial charge on any atom is 0.0540 e. The normalized spacial score (nSPS) is 11.2. The first kappa shape index (κ1) is 28.9. The number of nitrogens with zero attached hydrogens (tertiary/aromatic N) is 2. The maximum absolute atomic E-state index is 2.37. The second kappa shape index (κ2) is 13.0. The first-order valence-electron chi connectivity index (χ1n) is 15.8. The summed E-state index contributed by atoms with van der Waals surface area (Å²) in [4.78, 5) is 4.66. The minimum Gasteiger partial charge on any atom is -0.311 e. The molecule has 0 aliphatic heterocycles. The number of fused-ring (bicyclic) bond motifs is 1. The summed E-state index contributed by atoms with van der Waals surface area (Å²) in [7, 11) is 0. The Morgan fingerprint density at radius 1 is 0.370 bits per heavy atom. The van der Waals surface area contributed by atoms with Gasteiger partial charge in [0, 0.05) is 33.8 Å². The van der Waals surface area contributed by atoms with Crippen LogP contribution in [-0.2, 0) is 0 Å². The fraction of sp³-hybridized carbons (Fsp3) is 0.0455. The van der Waals surface area contributed by atoms with Crippen molar-refractivity contribution in [3.05, 3.63) is 192 Å². The highest BCUT2D eigenvalue weighted by atomic mass is 15.1. The van der Waals surface area contributed by atoms with Crippen LogP contribution in [0.4, 0.5) is 34.1 Å². The Kier molecular flexibility index (Phi) is 8.17. The highest BCUT2D eigenvalue weighted by Crippen LogP contribution is 2.40. The van der Waals surface area contributed by atoms with Gasteiger partial charge in [0.1, 0.15) is 0 Å². The summed E-state index contributed by atoms with van der Waals surface area (Å²) < 4.78 is 0. The predicted molar refractivity (Wildman–Crippen MR) is 198 cm³/mol. The number of rotatable bonds is 8. The molecule has 7 aromatic rings. The van der Waals surface area contributed by atoms with E-state index in [0.717, 1.165) is 39.6 Å². The van der Waals surface area contributed by atoms with Gasteiger partial charge >= 0.3 is 0 Å². The maximum atomic E-state index is 2.37. The number of anilines is 6. The van der Waals surface area contributed by atoms with Gasteiger partial charge in [-0.25, -0.2) is 0 Å². The topological polar surface area (TPSA) is 6.48 Å². The molecule has 0 amide bonds. The summed E-state index contributed by atoms with van der Waals surface area (Å²) in [5.74, 6) is 0. The predicted octanol–water partition coefficient (Wildman–Crippen LogP) is 12.6. The Labute approximate surface area is 272 Å². The van der Waals surface area contributed by atoms with Gasteiger partial charge in [-0.2, -0.15) is 0 Å². The molecule has 2 heteroatoms. The number of para-hydroxylation sites is 2. The fourth-order valence-corrected chi connectivity index (χ4v) is 6.17. The molecule has 0 saturated carbocycles. The summed E-state index contributed by atoms with van der Waals surface area (Å²) in [5, 5.41) is 2.46. The van der Waals surface area contributed by atoms with E-state index in [1.165, 1.54) is 27.6 Å². The van der Waals surface area contributed by atoms with Crippen molar-refractivity contribution in [1.29, 1.82) is 0 Å². The molecular formula is C44H36N2. The zero-order chi connectivity index (χ0) is 31.3. The Balaban J connectivity index is 1.17. The third-order valence-corrected chi connectivity index (χ3v) is 8.27. The Morgan fingerprint density at radius 3 is 1.39 bits per heavy atom. The molecular weight excluding hydrogens is 556 g/mol. The lowest BCUT2D eigenvalue weighted by atomic mass is 10.0. The molecule has 0 radical (unpaired) electrons. The molecule has 0 atom stereocenters. The van der Waals surface area contributed by atoms with Gasteiger partial charge in [0.05, 0.1) is 5.69 Å².